The fourth-order valence-corrected chi connectivity index (χ4v) is 1.96. The van der Waals surface area contributed by atoms with E-state index in [1.165, 1.54) is 0 Å². The molecule has 0 amide bonds. The second-order valence-electron chi connectivity index (χ2n) is 4.50. The van der Waals surface area contributed by atoms with Crippen molar-refractivity contribution in [2.75, 3.05) is 6.61 Å². The number of hydrogen-bond acceptors (Lipinski definition) is 6. The van der Waals surface area contributed by atoms with Gasteiger partial charge in [0.25, 0.3) is 5.89 Å². The normalized spacial score (nSPS) is 12.9. The van der Waals surface area contributed by atoms with Crippen LogP contribution in [0, 0.1) is 6.92 Å². The van der Waals surface area contributed by atoms with Gasteiger partial charge in [-0.3, -0.25) is 0 Å². The highest BCUT2D eigenvalue weighted by molar-refractivity contribution is 5.77. The number of hydrogen-bond donors (Lipinski definition) is 0. The van der Waals surface area contributed by atoms with E-state index in [1.807, 2.05) is 32.9 Å². The van der Waals surface area contributed by atoms with Gasteiger partial charge in [-0.1, -0.05) is 5.16 Å². The third-order valence-corrected chi connectivity index (χ3v) is 2.95. The van der Waals surface area contributed by atoms with Crippen molar-refractivity contribution in [3.8, 4) is 11.7 Å². The number of nitrogens with zero attached hydrogens (tertiary/aromatic N) is 3. The maximum absolute atomic E-state index is 5.66. The molecule has 3 aromatic rings. The molecule has 0 spiro atoms. The maximum atomic E-state index is 5.66. The van der Waals surface area contributed by atoms with Gasteiger partial charge in [0.15, 0.2) is 11.3 Å². The van der Waals surface area contributed by atoms with E-state index in [4.69, 9.17) is 13.7 Å². The molecule has 104 valence electrons. The maximum Gasteiger partial charge on any atom is 0.293 e. The van der Waals surface area contributed by atoms with Gasteiger partial charge in [0, 0.05) is 18.4 Å². The van der Waals surface area contributed by atoms with Crippen LogP contribution in [0.4, 0.5) is 0 Å². The average molecular weight is 273 g/mol. The summed E-state index contributed by atoms with van der Waals surface area (Å²) in [7, 11) is 0. The standard InChI is InChI=1S/C14H15N3O3/c1-4-18-9(3)13-16-14(20-17-13)12-7-10-11(19-12)6-5-8(2)15-10/h5-7,9H,4H2,1-3H3. The Morgan fingerprint density at radius 3 is 2.95 bits per heavy atom. The summed E-state index contributed by atoms with van der Waals surface area (Å²) >= 11 is 0. The van der Waals surface area contributed by atoms with Gasteiger partial charge < -0.3 is 13.7 Å². The molecule has 0 bridgehead atoms. The van der Waals surface area contributed by atoms with Crippen LogP contribution in [0.1, 0.15) is 31.5 Å². The molecule has 0 radical (unpaired) electrons. The van der Waals surface area contributed by atoms with E-state index in [1.54, 1.807) is 6.07 Å². The minimum atomic E-state index is -0.206. The summed E-state index contributed by atoms with van der Waals surface area (Å²) in [4.78, 5) is 8.68. The lowest BCUT2D eigenvalue weighted by Gasteiger charge is -2.04. The predicted molar refractivity (Wildman–Crippen MR) is 72.1 cm³/mol. The third-order valence-electron chi connectivity index (χ3n) is 2.95. The summed E-state index contributed by atoms with van der Waals surface area (Å²) in [6.45, 7) is 6.33. The molecular weight excluding hydrogens is 258 g/mol. The van der Waals surface area contributed by atoms with Gasteiger partial charge >= 0.3 is 0 Å². The van der Waals surface area contributed by atoms with Crippen molar-refractivity contribution in [2.24, 2.45) is 0 Å². The van der Waals surface area contributed by atoms with Crippen LogP contribution in [0.25, 0.3) is 22.8 Å². The molecule has 0 aliphatic carbocycles. The van der Waals surface area contributed by atoms with E-state index in [0.29, 0.717) is 29.7 Å². The predicted octanol–water partition coefficient (Wildman–Crippen LogP) is 3.28. The summed E-state index contributed by atoms with van der Waals surface area (Å²) < 4.78 is 16.3. The van der Waals surface area contributed by atoms with Gasteiger partial charge in [-0.2, -0.15) is 4.98 Å². The molecule has 0 saturated carbocycles. The van der Waals surface area contributed by atoms with Crippen LogP contribution in [-0.2, 0) is 4.74 Å². The molecule has 0 saturated heterocycles. The van der Waals surface area contributed by atoms with Crippen molar-refractivity contribution >= 4 is 11.1 Å². The minimum absolute atomic E-state index is 0.206. The number of furan rings is 1. The number of aryl methyl sites for hydroxylation is 1. The first-order valence-corrected chi connectivity index (χ1v) is 6.50. The Hall–Kier alpha value is -2.21. The highest BCUT2D eigenvalue weighted by Crippen LogP contribution is 2.26. The zero-order chi connectivity index (χ0) is 14.1. The molecule has 3 rings (SSSR count). The lowest BCUT2D eigenvalue weighted by Crippen LogP contribution is -2.01. The van der Waals surface area contributed by atoms with Gasteiger partial charge in [-0.25, -0.2) is 4.98 Å². The average Bonchev–Trinajstić information content (AvgIpc) is 3.04. The van der Waals surface area contributed by atoms with Crippen molar-refractivity contribution in [1.82, 2.24) is 15.1 Å². The summed E-state index contributed by atoms with van der Waals surface area (Å²) in [5, 5.41) is 3.91. The summed E-state index contributed by atoms with van der Waals surface area (Å²) in [6.07, 6.45) is -0.206. The van der Waals surface area contributed by atoms with Crippen LogP contribution in [-0.4, -0.2) is 21.7 Å². The van der Waals surface area contributed by atoms with Gasteiger partial charge in [0.05, 0.1) is 0 Å². The molecule has 0 aliphatic rings. The van der Waals surface area contributed by atoms with E-state index < -0.39 is 0 Å². The third kappa shape index (κ3) is 2.30. The highest BCUT2D eigenvalue weighted by Gasteiger charge is 2.18. The molecule has 3 aromatic heterocycles. The van der Waals surface area contributed by atoms with Crippen LogP contribution in [0.5, 0.6) is 0 Å². The monoisotopic (exact) mass is 273 g/mol. The van der Waals surface area contributed by atoms with Crippen molar-refractivity contribution in [1.29, 1.82) is 0 Å². The molecule has 0 fully saturated rings. The smallest absolute Gasteiger partial charge is 0.293 e. The topological polar surface area (TPSA) is 74.2 Å². The second kappa shape index (κ2) is 5.05. The Kier molecular flexibility index (Phi) is 3.23. The van der Waals surface area contributed by atoms with Crippen LogP contribution < -0.4 is 0 Å². The molecule has 3 heterocycles. The Bertz CT molecular complexity index is 732. The number of ether oxygens (including phenoxy) is 1. The van der Waals surface area contributed by atoms with Crippen LogP contribution in [0.15, 0.2) is 27.1 Å². The second-order valence-corrected chi connectivity index (χ2v) is 4.50. The number of rotatable bonds is 4. The fourth-order valence-electron chi connectivity index (χ4n) is 1.96. The Morgan fingerprint density at radius 1 is 1.30 bits per heavy atom. The largest absolute Gasteiger partial charge is 0.449 e. The van der Waals surface area contributed by atoms with Gasteiger partial charge in [0.1, 0.15) is 11.6 Å². The lowest BCUT2D eigenvalue weighted by molar-refractivity contribution is 0.0683. The van der Waals surface area contributed by atoms with Crippen molar-refractivity contribution in [2.45, 2.75) is 26.9 Å². The Balaban J connectivity index is 1.94. The summed E-state index contributed by atoms with van der Waals surface area (Å²) in [5.74, 6) is 1.36. The minimum Gasteiger partial charge on any atom is -0.449 e. The molecule has 0 N–H and O–H groups in total. The van der Waals surface area contributed by atoms with E-state index >= 15 is 0 Å². The SMILES string of the molecule is CCOC(C)c1noc(-c2cc3nc(C)ccc3o2)n1. The number of fused-ring (bicyclic) bond motifs is 1. The fraction of sp³-hybridized carbons (Fsp3) is 0.357. The molecule has 0 aromatic carbocycles. The van der Waals surface area contributed by atoms with E-state index in [0.717, 1.165) is 11.2 Å². The molecule has 6 nitrogen and oxygen atoms in total. The molecule has 1 unspecified atom stereocenters. The van der Waals surface area contributed by atoms with Crippen LogP contribution in [0.2, 0.25) is 0 Å². The van der Waals surface area contributed by atoms with Crippen LogP contribution in [0.3, 0.4) is 0 Å². The highest BCUT2D eigenvalue weighted by atomic mass is 16.5. The number of aromatic nitrogens is 3. The number of pyridine rings is 1. The van der Waals surface area contributed by atoms with Crippen molar-refractivity contribution < 1.29 is 13.7 Å². The quantitative estimate of drug-likeness (QED) is 0.726. The van der Waals surface area contributed by atoms with Gasteiger partial charge in [0.2, 0.25) is 5.82 Å². The van der Waals surface area contributed by atoms with E-state index in [9.17, 15) is 0 Å². The summed E-state index contributed by atoms with van der Waals surface area (Å²) in [6, 6.07) is 5.57. The van der Waals surface area contributed by atoms with Crippen LogP contribution >= 0.6 is 0 Å². The molecular formula is C14H15N3O3. The van der Waals surface area contributed by atoms with E-state index in [2.05, 4.69) is 15.1 Å². The first-order chi connectivity index (χ1) is 9.67. The molecule has 1 atom stereocenters. The lowest BCUT2D eigenvalue weighted by atomic mass is 10.3. The van der Waals surface area contributed by atoms with E-state index in [-0.39, 0.29) is 6.10 Å². The summed E-state index contributed by atoms with van der Waals surface area (Å²) in [5.41, 5.74) is 2.40. The Morgan fingerprint density at radius 2 is 2.15 bits per heavy atom. The first-order valence-electron chi connectivity index (χ1n) is 6.50. The van der Waals surface area contributed by atoms with Gasteiger partial charge in [-0.15, -0.1) is 0 Å². The van der Waals surface area contributed by atoms with Crippen molar-refractivity contribution in [3.63, 3.8) is 0 Å². The Labute approximate surface area is 115 Å². The molecule has 6 heteroatoms. The van der Waals surface area contributed by atoms with Crippen molar-refractivity contribution in [3.05, 3.63) is 29.7 Å². The molecule has 20 heavy (non-hydrogen) atoms. The molecule has 0 aliphatic heterocycles. The zero-order valence-electron chi connectivity index (χ0n) is 11.6. The zero-order valence-corrected chi connectivity index (χ0v) is 11.6. The first kappa shape index (κ1) is 12.8. The van der Waals surface area contributed by atoms with Gasteiger partial charge in [-0.05, 0) is 32.9 Å².